The predicted octanol–water partition coefficient (Wildman–Crippen LogP) is 7.51. The summed E-state index contributed by atoms with van der Waals surface area (Å²) < 4.78 is 0. The molecule has 0 spiro atoms. The van der Waals surface area contributed by atoms with Crippen molar-refractivity contribution in [3.05, 3.63) is 57.4 Å². The van der Waals surface area contributed by atoms with E-state index in [-0.39, 0.29) is 13.3 Å². The first-order chi connectivity index (χ1) is 12.0. The van der Waals surface area contributed by atoms with Crippen LogP contribution in [0.1, 0.15) is 69.4 Å². The normalized spacial score (nSPS) is 15.2. The first kappa shape index (κ1) is 19.4. The summed E-state index contributed by atoms with van der Waals surface area (Å²) in [6, 6.07) is 9.39. The molecule has 0 radical (unpaired) electrons. The van der Waals surface area contributed by atoms with E-state index in [2.05, 4.69) is 86.6 Å². The Kier molecular flexibility index (Phi) is 4.99. The van der Waals surface area contributed by atoms with Crippen LogP contribution in [0.4, 0.5) is 11.4 Å². The topological polar surface area (TPSA) is 14.1 Å². The standard InChI is InChI=1S/C24H33NP/c1-14(2)26(15(3)4)21-13-17(6)12-20-23(21)25-22-18(7)10-16(5)11-19(22)24(20,8)9/h10-15H,1-9H3/q-1. The second-order valence-corrected chi connectivity index (χ2v) is 12.4. The van der Waals surface area contributed by atoms with Crippen LogP contribution in [0.3, 0.4) is 0 Å². The molecule has 0 saturated carbocycles. The van der Waals surface area contributed by atoms with Crippen molar-refractivity contribution >= 4 is 24.6 Å². The van der Waals surface area contributed by atoms with Crippen molar-refractivity contribution in [2.24, 2.45) is 0 Å². The number of benzene rings is 2. The molecule has 1 nitrogen and oxygen atoms in total. The van der Waals surface area contributed by atoms with Gasteiger partial charge in [0.05, 0.1) is 0 Å². The summed E-state index contributed by atoms with van der Waals surface area (Å²) in [5, 5.41) is 6.79. The van der Waals surface area contributed by atoms with Crippen LogP contribution < -0.4 is 5.30 Å². The largest absolute Gasteiger partial charge is 0.657 e. The van der Waals surface area contributed by atoms with Crippen LogP contribution in [0.5, 0.6) is 0 Å². The zero-order valence-corrected chi connectivity index (χ0v) is 18.8. The third-order valence-corrected chi connectivity index (χ3v) is 8.76. The molecule has 1 aliphatic rings. The van der Waals surface area contributed by atoms with Gasteiger partial charge in [-0.2, -0.15) is 0 Å². The SMILES string of the molecule is Cc1cc(C)c2c(c1)C(C)(C)c1cc(C)cc(P(C(C)C)C(C)C)c1[N-]2. The maximum absolute atomic E-state index is 5.29. The van der Waals surface area contributed by atoms with Crippen LogP contribution in [0.15, 0.2) is 24.3 Å². The molecule has 0 bridgehead atoms. The van der Waals surface area contributed by atoms with Gasteiger partial charge in [-0.15, -0.1) is 11.4 Å². The van der Waals surface area contributed by atoms with E-state index >= 15 is 0 Å². The van der Waals surface area contributed by atoms with Gasteiger partial charge in [0, 0.05) is 5.41 Å². The minimum atomic E-state index is -0.245. The van der Waals surface area contributed by atoms with E-state index in [0.29, 0.717) is 11.3 Å². The lowest BCUT2D eigenvalue weighted by Crippen LogP contribution is -2.27. The molecule has 1 aliphatic heterocycles. The number of hydrogen-bond donors (Lipinski definition) is 0. The number of fused-ring (bicyclic) bond motifs is 2. The van der Waals surface area contributed by atoms with Crippen molar-refractivity contribution < 1.29 is 0 Å². The Hall–Kier alpha value is -1.33. The fraction of sp³-hybridized carbons (Fsp3) is 0.500. The first-order valence-electron chi connectivity index (χ1n) is 9.81. The van der Waals surface area contributed by atoms with Crippen molar-refractivity contribution in [2.75, 3.05) is 0 Å². The van der Waals surface area contributed by atoms with Crippen LogP contribution in [0, 0.1) is 20.8 Å². The summed E-state index contributed by atoms with van der Waals surface area (Å²) >= 11 is 0. The van der Waals surface area contributed by atoms with Crippen LogP contribution in [-0.2, 0) is 5.41 Å². The summed E-state index contributed by atoms with van der Waals surface area (Å²) in [6.07, 6.45) is 0. The monoisotopic (exact) mass is 366 g/mol. The Labute approximate surface area is 161 Å². The molecule has 0 saturated heterocycles. The molecule has 0 fully saturated rings. The van der Waals surface area contributed by atoms with E-state index in [1.54, 1.807) is 0 Å². The van der Waals surface area contributed by atoms with Gasteiger partial charge in [-0.25, -0.2) is 0 Å². The van der Waals surface area contributed by atoms with Crippen molar-refractivity contribution in [1.82, 2.24) is 0 Å². The highest BCUT2D eigenvalue weighted by atomic mass is 31.1. The summed E-state index contributed by atoms with van der Waals surface area (Å²) in [4.78, 5) is 0. The molecule has 140 valence electrons. The number of aryl methyl sites for hydroxylation is 3. The predicted molar refractivity (Wildman–Crippen MR) is 119 cm³/mol. The van der Waals surface area contributed by atoms with Gasteiger partial charge in [-0.3, -0.25) is 0 Å². The van der Waals surface area contributed by atoms with Crippen LogP contribution in [-0.4, -0.2) is 11.3 Å². The van der Waals surface area contributed by atoms with Crippen molar-refractivity contribution in [3.8, 4) is 0 Å². The molecule has 1 heterocycles. The lowest BCUT2D eigenvalue weighted by Gasteiger charge is -2.48. The second kappa shape index (κ2) is 6.68. The maximum atomic E-state index is 5.29. The molecule has 0 aromatic heterocycles. The van der Waals surface area contributed by atoms with E-state index in [1.165, 1.54) is 44.5 Å². The Morgan fingerprint density at radius 3 is 1.81 bits per heavy atom. The fourth-order valence-electron chi connectivity index (χ4n) is 4.54. The Morgan fingerprint density at radius 2 is 1.27 bits per heavy atom. The quantitative estimate of drug-likeness (QED) is 0.499. The lowest BCUT2D eigenvalue weighted by molar-refractivity contribution is 0.639. The molecular formula is C24H33NP-. The molecule has 3 rings (SSSR count). The van der Waals surface area contributed by atoms with Crippen molar-refractivity contribution in [1.29, 1.82) is 0 Å². The summed E-state index contributed by atoms with van der Waals surface area (Å²) in [5.74, 6) is 0. The Morgan fingerprint density at radius 1 is 0.769 bits per heavy atom. The number of rotatable bonds is 3. The lowest BCUT2D eigenvalue weighted by atomic mass is 9.73. The third-order valence-electron chi connectivity index (χ3n) is 5.64. The smallest absolute Gasteiger partial charge is 0.0122 e. The van der Waals surface area contributed by atoms with Gasteiger partial charge in [-0.1, -0.05) is 102 Å². The highest BCUT2D eigenvalue weighted by molar-refractivity contribution is 7.67. The fourth-order valence-corrected chi connectivity index (χ4v) is 7.62. The van der Waals surface area contributed by atoms with E-state index in [1.807, 2.05) is 0 Å². The van der Waals surface area contributed by atoms with Crippen LogP contribution in [0.2, 0.25) is 0 Å². The highest BCUT2D eigenvalue weighted by Gasteiger charge is 2.31. The van der Waals surface area contributed by atoms with Gasteiger partial charge < -0.3 is 5.32 Å². The maximum Gasteiger partial charge on any atom is 0.0122 e. The molecule has 0 N–H and O–H groups in total. The average Bonchev–Trinajstić information content (AvgIpc) is 2.49. The third kappa shape index (κ3) is 3.09. The van der Waals surface area contributed by atoms with E-state index in [9.17, 15) is 0 Å². The van der Waals surface area contributed by atoms with Gasteiger partial charge >= 0.3 is 0 Å². The highest BCUT2D eigenvalue weighted by Crippen LogP contribution is 2.57. The molecular weight excluding hydrogens is 333 g/mol. The minimum absolute atomic E-state index is 0.0150. The van der Waals surface area contributed by atoms with Gasteiger partial charge in [0.15, 0.2) is 0 Å². The molecule has 0 aliphatic carbocycles. The molecule has 0 unspecified atom stereocenters. The van der Waals surface area contributed by atoms with Crippen LogP contribution >= 0.6 is 7.92 Å². The number of hydrogen-bond acceptors (Lipinski definition) is 0. The summed E-state index contributed by atoms with van der Waals surface area (Å²) in [6.45, 7) is 20.9. The summed E-state index contributed by atoms with van der Waals surface area (Å²) in [7, 11) is -0.245. The van der Waals surface area contributed by atoms with Crippen molar-refractivity contribution in [2.45, 2.75) is 79.0 Å². The van der Waals surface area contributed by atoms with E-state index < -0.39 is 0 Å². The average molecular weight is 367 g/mol. The number of nitrogens with zero attached hydrogens (tertiary/aromatic N) is 1. The van der Waals surface area contributed by atoms with E-state index in [4.69, 9.17) is 5.32 Å². The zero-order chi connectivity index (χ0) is 19.4. The second-order valence-electron chi connectivity index (χ2n) is 8.99. The van der Waals surface area contributed by atoms with Gasteiger partial charge in [0.25, 0.3) is 0 Å². The molecule has 0 atom stereocenters. The zero-order valence-electron chi connectivity index (χ0n) is 17.9. The molecule has 2 aromatic rings. The van der Waals surface area contributed by atoms with Gasteiger partial charge in [0.1, 0.15) is 0 Å². The molecule has 0 amide bonds. The Bertz CT molecular complexity index is 838. The van der Waals surface area contributed by atoms with Gasteiger partial charge in [-0.05, 0) is 37.4 Å². The van der Waals surface area contributed by atoms with E-state index in [0.717, 1.165) is 0 Å². The van der Waals surface area contributed by atoms with Crippen molar-refractivity contribution in [3.63, 3.8) is 0 Å². The Balaban J connectivity index is 2.31. The minimum Gasteiger partial charge on any atom is -0.657 e. The first-order valence-corrected chi connectivity index (χ1v) is 11.3. The van der Waals surface area contributed by atoms with Crippen LogP contribution in [0.25, 0.3) is 5.32 Å². The molecule has 2 heteroatoms. The summed E-state index contributed by atoms with van der Waals surface area (Å²) in [5.41, 5.74) is 10.5. The molecule has 26 heavy (non-hydrogen) atoms. The molecule has 2 aromatic carbocycles. The van der Waals surface area contributed by atoms with Gasteiger partial charge in [0.2, 0.25) is 0 Å².